The number of rotatable bonds is 1. The number of phenolic OH excluding ortho intramolecular Hbond substituents is 1. The molecule has 0 aliphatic heterocycles. The van der Waals surface area contributed by atoms with Gasteiger partial charge in [0.05, 0.1) is 11.2 Å². The molecule has 1 heterocycles. The quantitative estimate of drug-likeness (QED) is 0.726. The summed E-state index contributed by atoms with van der Waals surface area (Å²) in [6.07, 6.45) is 0. The normalized spacial score (nSPS) is 10.0. The van der Waals surface area contributed by atoms with Crippen LogP contribution >= 0.6 is 11.3 Å². The zero-order valence-corrected chi connectivity index (χ0v) is 7.08. The summed E-state index contributed by atoms with van der Waals surface area (Å²) in [5, 5.41) is 11.4. The summed E-state index contributed by atoms with van der Waals surface area (Å²) in [5.41, 5.74) is 3.37. The fraction of sp³-hybridized carbons (Fsp3) is 0. The Balaban J connectivity index is 2.55. The van der Waals surface area contributed by atoms with Crippen molar-refractivity contribution in [3.8, 4) is 17.0 Å². The highest BCUT2D eigenvalue weighted by Gasteiger charge is 2.03. The van der Waals surface area contributed by atoms with E-state index in [1.165, 1.54) is 11.3 Å². The molecular formula is C9H7NOS. The summed E-state index contributed by atoms with van der Waals surface area (Å²) in [7, 11) is 0. The van der Waals surface area contributed by atoms with Crippen LogP contribution in [0.3, 0.4) is 0 Å². The number of benzene rings is 1. The Morgan fingerprint density at radius 2 is 2.08 bits per heavy atom. The van der Waals surface area contributed by atoms with Crippen molar-refractivity contribution in [3.63, 3.8) is 0 Å². The third-order valence-corrected chi connectivity index (χ3v) is 2.20. The van der Waals surface area contributed by atoms with Crippen molar-refractivity contribution in [1.29, 1.82) is 0 Å². The molecule has 0 unspecified atom stereocenters. The average Bonchev–Trinajstić information content (AvgIpc) is 2.57. The molecular weight excluding hydrogens is 170 g/mol. The molecule has 2 nitrogen and oxygen atoms in total. The number of hydrogen-bond acceptors (Lipinski definition) is 3. The zero-order chi connectivity index (χ0) is 8.39. The van der Waals surface area contributed by atoms with Crippen molar-refractivity contribution in [2.75, 3.05) is 0 Å². The van der Waals surface area contributed by atoms with Gasteiger partial charge in [0.1, 0.15) is 5.75 Å². The van der Waals surface area contributed by atoms with Gasteiger partial charge in [-0.25, -0.2) is 4.98 Å². The fourth-order valence-corrected chi connectivity index (χ4v) is 1.59. The van der Waals surface area contributed by atoms with Gasteiger partial charge in [0.2, 0.25) is 0 Å². The van der Waals surface area contributed by atoms with Crippen molar-refractivity contribution < 1.29 is 5.11 Å². The lowest BCUT2D eigenvalue weighted by molar-refractivity contribution is 0.477. The highest BCUT2D eigenvalue weighted by atomic mass is 32.1. The standard InChI is InChI=1S/C9H7NOS/c11-9-4-2-1-3-7(9)8-5-12-6-10-8/h1-6,11H. The van der Waals surface area contributed by atoms with Crippen molar-refractivity contribution in [1.82, 2.24) is 4.98 Å². The molecule has 1 aromatic carbocycles. The molecule has 12 heavy (non-hydrogen) atoms. The van der Waals surface area contributed by atoms with Crippen molar-refractivity contribution in [3.05, 3.63) is 35.2 Å². The molecule has 3 heteroatoms. The summed E-state index contributed by atoms with van der Waals surface area (Å²) >= 11 is 1.52. The molecule has 0 saturated heterocycles. The molecule has 0 aliphatic carbocycles. The van der Waals surface area contributed by atoms with Gasteiger partial charge in [0.25, 0.3) is 0 Å². The number of thiazole rings is 1. The fourth-order valence-electron chi connectivity index (χ4n) is 1.04. The minimum atomic E-state index is 0.281. The maximum atomic E-state index is 9.45. The zero-order valence-electron chi connectivity index (χ0n) is 6.27. The van der Waals surface area contributed by atoms with Gasteiger partial charge in [-0.05, 0) is 12.1 Å². The van der Waals surface area contributed by atoms with Crippen LogP contribution in [0.4, 0.5) is 0 Å². The minimum Gasteiger partial charge on any atom is -0.507 e. The molecule has 1 aromatic heterocycles. The first-order valence-corrected chi connectivity index (χ1v) is 4.49. The molecule has 2 rings (SSSR count). The van der Waals surface area contributed by atoms with Crippen LogP contribution in [0.15, 0.2) is 35.2 Å². The van der Waals surface area contributed by atoms with Crippen LogP contribution < -0.4 is 0 Å². The molecule has 0 fully saturated rings. The minimum absolute atomic E-state index is 0.281. The molecule has 0 saturated carbocycles. The van der Waals surface area contributed by atoms with Gasteiger partial charge in [-0.2, -0.15) is 0 Å². The van der Waals surface area contributed by atoms with E-state index in [2.05, 4.69) is 4.98 Å². The summed E-state index contributed by atoms with van der Waals surface area (Å²) in [6, 6.07) is 7.19. The van der Waals surface area contributed by atoms with E-state index in [4.69, 9.17) is 0 Å². The van der Waals surface area contributed by atoms with Gasteiger partial charge in [-0.3, -0.25) is 0 Å². The second-order valence-electron chi connectivity index (χ2n) is 2.39. The largest absolute Gasteiger partial charge is 0.507 e. The Hall–Kier alpha value is -1.35. The number of phenols is 1. The lowest BCUT2D eigenvalue weighted by atomic mass is 10.1. The summed E-state index contributed by atoms with van der Waals surface area (Å²) < 4.78 is 0. The van der Waals surface area contributed by atoms with Gasteiger partial charge in [0, 0.05) is 10.9 Å². The van der Waals surface area contributed by atoms with Crippen LogP contribution in [0.2, 0.25) is 0 Å². The van der Waals surface area contributed by atoms with Crippen molar-refractivity contribution in [2.24, 2.45) is 0 Å². The average molecular weight is 177 g/mol. The highest BCUT2D eigenvalue weighted by molar-refractivity contribution is 7.07. The Kier molecular flexibility index (Phi) is 1.80. The molecule has 2 aromatic rings. The molecule has 0 amide bonds. The first-order valence-electron chi connectivity index (χ1n) is 3.54. The van der Waals surface area contributed by atoms with Crippen LogP contribution in [0.1, 0.15) is 0 Å². The van der Waals surface area contributed by atoms with E-state index in [1.807, 2.05) is 17.5 Å². The predicted octanol–water partition coefficient (Wildman–Crippen LogP) is 2.52. The lowest BCUT2D eigenvalue weighted by Gasteiger charge is -1.98. The van der Waals surface area contributed by atoms with E-state index in [-0.39, 0.29) is 5.75 Å². The molecule has 60 valence electrons. The second kappa shape index (κ2) is 2.95. The number of hydrogen-bond donors (Lipinski definition) is 1. The van der Waals surface area contributed by atoms with Gasteiger partial charge >= 0.3 is 0 Å². The Morgan fingerprint density at radius 3 is 2.75 bits per heavy atom. The summed E-state index contributed by atoms with van der Waals surface area (Å²) in [4.78, 5) is 4.11. The van der Waals surface area contributed by atoms with Gasteiger partial charge in [-0.15, -0.1) is 11.3 Å². The molecule has 0 spiro atoms. The summed E-state index contributed by atoms with van der Waals surface area (Å²) in [5.74, 6) is 0.281. The van der Waals surface area contributed by atoms with E-state index in [1.54, 1.807) is 17.6 Å². The number of para-hydroxylation sites is 1. The van der Waals surface area contributed by atoms with E-state index in [0.717, 1.165) is 11.3 Å². The number of nitrogens with zero attached hydrogens (tertiary/aromatic N) is 1. The molecule has 0 aliphatic rings. The Morgan fingerprint density at radius 1 is 1.25 bits per heavy atom. The smallest absolute Gasteiger partial charge is 0.125 e. The molecule has 0 radical (unpaired) electrons. The van der Waals surface area contributed by atoms with Crippen molar-refractivity contribution in [2.45, 2.75) is 0 Å². The lowest BCUT2D eigenvalue weighted by Crippen LogP contribution is -1.76. The SMILES string of the molecule is Oc1ccccc1-c1cscn1. The van der Waals surface area contributed by atoms with Crippen molar-refractivity contribution >= 4 is 11.3 Å². The van der Waals surface area contributed by atoms with Gasteiger partial charge in [0.15, 0.2) is 0 Å². The third kappa shape index (κ3) is 1.19. The monoisotopic (exact) mass is 177 g/mol. The topological polar surface area (TPSA) is 33.1 Å². The maximum Gasteiger partial charge on any atom is 0.125 e. The van der Waals surface area contributed by atoms with E-state index in [9.17, 15) is 5.11 Å². The number of aromatic nitrogens is 1. The first kappa shape index (κ1) is 7.31. The number of aromatic hydroxyl groups is 1. The van der Waals surface area contributed by atoms with Crippen LogP contribution in [0.5, 0.6) is 5.75 Å². The second-order valence-corrected chi connectivity index (χ2v) is 3.11. The van der Waals surface area contributed by atoms with Gasteiger partial charge in [-0.1, -0.05) is 12.1 Å². The predicted molar refractivity (Wildman–Crippen MR) is 49.2 cm³/mol. The van der Waals surface area contributed by atoms with E-state index < -0.39 is 0 Å². The molecule has 0 bridgehead atoms. The Bertz CT molecular complexity index is 370. The highest BCUT2D eigenvalue weighted by Crippen LogP contribution is 2.27. The summed E-state index contributed by atoms with van der Waals surface area (Å²) in [6.45, 7) is 0. The van der Waals surface area contributed by atoms with Gasteiger partial charge < -0.3 is 5.11 Å². The van der Waals surface area contributed by atoms with Crippen LogP contribution in [0, 0.1) is 0 Å². The van der Waals surface area contributed by atoms with Crippen LogP contribution in [0.25, 0.3) is 11.3 Å². The van der Waals surface area contributed by atoms with Crippen LogP contribution in [-0.2, 0) is 0 Å². The van der Waals surface area contributed by atoms with Crippen LogP contribution in [-0.4, -0.2) is 10.1 Å². The molecule has 1 N–H and O–H groups in total. The van der Waals surface area contributed by atoms with E-state index in [0.29, 0.717) is 0 Å². The Labute approximate surface area is 74.1 Å². The third-order valence-electron chi connectivity index (χ3n) is 1.61. The first-order chi connectivity index (χ1) is 5.88. The molecule has 0 atom stereocenters. The van der Waals surface area contributed by atoms with E-state index >= 15 is 0 Å². The maximum absolute atomic E-state index is 9.45.